The zero-order valence-corrected chi connectivity index (χ0v) is 13.4. The minimum Gasteiger partial charge on any atom is -0.342 e. The van der Waals surface area contributed by atoms with Gasteiger partial charge in [0.15, 0.2) is 0 Å². The van der Waals surface area contributed by atoms with Crippen molar-refractivity contribution in [2.45, 2.75) is 46.2 Å². The molecule has 19 heavy (non-hydrogen) atoms. The van der Waals surface area contributed by atoms with E-state index < -0.39 is 0 Å². The van der Waals surface area contributed by atoms with Crippen molar-refractivity contribution in [2.24, 2.45) is 11.8 Å². The van der Waals surface area contributed by atoms with Gasteiger partial charge >= 0.3 is 0 Å². The molecule has 0 radical (unpaired) electrons. The van der Waals surface area contributed by atoms with Crippen LogP contribution in [0.1, 0.15) is 34.1 Å². The Kier molecular flexibility index (Phi) is 6.17. The summed E-state index contributed by atoms with van der Waals surface area (Å²) in [6, 6.07) is -0.660. The van der Waals surface area contributed by atoms with Crippen molar-refractivity contribution in [2.75, 3.05) is 18.6 Å². The molecule has 4 nitrogen and oxygen atoms in total. The molecule has 0 aliphatic carbocycles. The van der Waals surface area contributed by atoms with E-state index in [0.717, 1.165) is 5.75 Å². The quantitative estimate of drug-likeness (QED) is 0.809. The van der Waals surface area contributed by atoms with Gasteiger partial charge < -0.3 is 10.2 Å². The Morgan fingerprint density at radius 2 is 1.89 bits per heavy atom. The lowest BCUT2D eigenvalue weighted by Gasteiger charge is -2.41. The Morgan fingerprint density at radius 3 is 2.37 bits per heavy atom. The average molecular weight is 286 g/mol. The summed E-state index contributed by atoms with van der Waals surface area (Å²) in [6.07, 6.45) is 2.73. The molecular weight excluding hydrogens is 260 g/mol. The maximum Gasteiger partial charge on any atom is 0.245 e. The molecule has 2 amide bonds. The van der Waals surface area contributed by atoms with E-state index in [1.165, 1.54) is 0 Å². The number of amides is 2. The number of thioether (sulfide) groups is 1. The predicted octanol–water partition coefficient (Wildman–Crippen LogP) is 1.75. The summed E-state index contributed by atoms with van der Waals surface area (Å²) < 4.78 is 0. The smallest absolute Gasteiger partial charge is 0.245 e. The number of piperazine rings is 1. The third-order valence-electron chi connectivity index (χ3n) is 3.38. The van der Waals surface area contributed by atoms with Crippen LogP contribution in [0.15, 0.2) is 0 Å². The summed E-state index contributed by atoms with van der Waals surface area (Å²) in [5, 5.41) is 2.90. The molecule has 1 N–H and O–H groups in total. The summed E-state index contributed by atoms with van der Waals surface area (Å²) >= 11 is 1.70. The molecule has 0 saturated carbocycles. The third-order valence-corrected chi connectivity index (χ3v) is 3.97. The number of nitrogens with one attached hydrogen (secondary N) is 1. The van der Waals surface area contributed by atoms with Gasteiger partial charge in [0.05, 0.1) is 0 Å². The fourth-order valence-corrected chi connectivity index (χ4v) is 2.91. The average Bonchev–Trinajstić information content (AvgIpc) is 2.30. The van der Waals surface area contributed by atoms with E-state index in [9.17, 15) is 9.59 Å². The van der Waals surface area contributed by atoms with Gasteiger partial charge in [-0.2, -0.15) is 11.8 Å². The normalized spacial score (nSPS) is 24.3. The van der Waals surface area contributed by atoms with Gasteiger partial charge in [-0.1, -0.05) is 27.7 Å². The van der Waals surface area contributed by atoms with Crippen LogP contribution < -0.4 is 5.32 Å². The minimum absolute atomic E-state index is 0.00125. The van der Waals surface area contributed by atoms with Crippen LogP contribution in [0.3, 0.4) is 0 Å². The van der Waals surface area contributed by atoms with Crippen molar-refractivity contribution in [3.63, 3.8) is 0 Å². The first-order chi connectivity index (χ1) is 8.88. The molecule has 0 aromatic carbocycles. The molecule has 1 aliphatic heterocycles. The van der Waals surface area contributed by atoms with Crippen molar-refractivity contribution in [3.05, 3.63) is 0 Å². The molecule has 0 spiro atoms. The Hall–Kier alpha value is -0.710. The van der Waals surface area contributed by atoms with Crippen LogP contribution in [0.2, 0.25) is 0 Å². The fourth-order valence-electron chi connectivity index (χ4n) is 2.53. The highest BCUT2D eigenvalue weighted by molar-refractivity contribution is 7.98. The molecule has 0 aromatic heterocycles. The number of carbonyl (C=O) groups excluding carboxylic acids is 2. The van der Waals surface area contributed by atoms with Crippen LogP contribution in [0.25, 0.3) is 0 Å². The third kappa shape index (κ3) is 4.13. The van der Waals surface area contributed by atoms with E-state index in [0.29, 0.717) is 18.9 Å². The zero-order chi connectivity index (χ0) is 14.6. The number of hydrogen-bond acceptors (Lipinski definition) is 3. The van der Waals surface area contributed by atoms with Gasteiger partial charge in [0.1, 0.15) is 12.1 Å². The first kappa shape index (κ1) is 16.3. The summed E-state index contributed by atoms with van der Waals surface area (Å²) in [5.74, 6) is 1.50. The standard InChI is InChI=1S/C14H26N2O2S/c1-9(2)8-11-14(18)16(6-7-19-5)12(10(3)4)13(17)15-11/h9-12H,6-8H2,1-5H3,(H,15,17). The molecular formula is C14H26N2O2S. The van der Waals surface area contributed by atoms with Gasteiger partial charge in [-0.3, -0.25) is 9.59 Å². The second kappa shape index (κ2) is 7.17. The van der Waals surface area contributed by atoms with Crippen molar-refractivity contribution in [3.8, 4) is 0 Å². The molecule has 2 unspecified atom stereocenters. The summed E-state index contributed by atoms with van der Waals surface area (Å²) in [5.41, 5.74) is 0. The highest BCUT2D eigenvalue weighted by atomic mass is 32.2. The highest BCUT2D eigenvalue weighted by Gasteiger charge is 2.41. The maximum atomic E-state index is 12.5. The van der Waals surface area contributed by atoms with Crippen LogP contribution in [-0.2, 0) is 9.59 Å². The van der Waals surface area contributed by atoms with Gasteiger partial charge in [-0.25, -0.2) is 0 Å². The first-order valence-corrected chi connectivity index (χ1v) is 8.37. The molecule has 0 aromatic rings. The van der Waals surface area contributed by atoms with E-state index in [-0.39, 0.29) is 29.8 Å². The molecule has 1 aliphatic rings. The molecule has 1 rings (SSSR count). The number of rotatable bonds is 6. The lowest BCUT2D eigenvalue weighted by molar-refractivity contribution is -0.151. The minimum atomic E-state index is -0.343. The first-order valence-electron chi connectivity index (χ1n) is 6.98. The van der Waals surface area contributed by atoms with E-state index in [2.05, 4.69) is 19.2 Å². The zero-order valence-electron chi connectivity index (χ0n) is 12.6. The molecule has 5 heteroatoms. The van der Waals surface area contributed by atoms with Crippen molar-refractivity contribution >= 4 is 23.6 Å². The Labute approximate surface area is 120 Å². The molecule has 1 saturated heterocycles. The lowest BCUT2D eigenvalue weighted by atomic mass is 9.94. The fraction of sp³-hybridized carbons (Fsp3) is 0.857. The van der Waals surface area contributed by atoms with Gasteiger partial charge in [0.25, 0.3) is 0 Å². The van der Waals surface area contributed by atoms with Crippen molar-refractivity contribution < 1.29 is 9.59 Å². The Balaban J connectivity index is 2.88. The van der Waals surface area contributed by atoms with Crippen LogP contribution in [-0.4, -0.2) is 47.4 Å². The van der Waals surface area contributed by atoms with Crippen molar-refractivity contribution in [1.29, 1.82) is 0 Å². The predicted molar refractivity (Wildman–Crippen MR) is 80.1 cm³/mol. The molecule has 110 valence electrons. The van der Waals surface area contributed by atoms with Crippen LogP contribution >= 0.6 is 11.8 Å². The van der Waals surface area contributed by atoms with E-state index >= 15 is 0 Å². The lowest BCUT2D eigenvalue weighted by Crippen LogP contribution is -2.65. The number of carbonyl (C=O) groups is 2. The van der Waals surface area contributed by atoms with Crippen molar-refractivity contribution in [1.82, 2.24) is 10.2 Å². The van der Waals surface area contributed by atoms with Gasteiger partial charge in [-0.15, -0.1) is 0 Å². The largest absolute Gasteiger partial charge is 0.342 e. The molecule has 2 atom stereocenters. The summed E-state index contributed by atoms with van der Waals surface area (Å²) in [7, 11) is 0. The van der Waals surface area contributed by atoms with Gasteiger partial charge in [0, 0.05) is 12.3 Å². The topological polar surface area (TPSA) is 49.4 Å². The van der Waals surface area contributed by atoms with Crippen LogP contribution in [0, 0.1) is 11.8 Å². The second-order valence-electron chi connectivity index (χ2n) is 5.90. The molecule has 0 bridgehead atoms. The van der Waals surface area contributed by atoms with Crippen LogP contribution in [0.4, 0.5) is 0 Å². The van der Waals surface area contributed by atoms with E-state index in [4.69, 9.17) is 0 Å². The number of nitrogens with zero attached hydrogens (tertiary/aromatic N) is 1. The Morgan fingerprint density at radius 1 is 1.26 bits per heavy atom. The second-order valence-corrected chi connectivity index (χ2v) is 6.89. The SMILES string of the molecule is CSCCN1C(=O)C(CC(C)C)NC(=O)C1C(C)C. The van der Waals surface area contributed by atoms with Crippen LogP contribution in [0.5, 0.6) is 0 Å². The molecule has 1 fully saturated rings. The highest BCUT2D eigenvalue weighted by Crippen LogP contribution is 2.20. The number of hydrogen-bond donors (Lipinski definition) is 1. The van der Waals surface area contributed by atoms with E-state index in [1.807, 2.05) is 20.1 Å². The van der Waals surface area contributed by atoms with E-state index in [1.54, 1.807) is 16.7 Å². The van der Waals surface area contributed by atoms with Gasteiger partial charge in [-0.05, 0) is 24.5 Å². The van der Waals surface area contributed by atoms with Gasteiger partial charge in [0.2, 0.25) is 11.8 Å². The maximum absolute atomic E-state index is 12.5. The monoisotopic (exact) mass is 286 g/mol. The summed E-state index contributed by atoms with van der Waals surface area (Å²) in [6.45, 7) is 8.78. The summed E-state index contributed by atoms with van der Waals surface area (Å²) in [4.78, 5) is 26.5. The molecule has 1 heterocycles. The Bertz CT molecular complexity index is 331.